The van der Waals surface area contributed by atoms with Crippen molar-refractivity contribution in [3.63, 3.8) is 0 Å². The zero-order valence-electron chi connectivity index (χ0n) is 9.12. The number of hydrogen-bond donors (Lipinski definition) is 1. The summed E-state index contributed by atoms with van der Waals surface area (Å²) >= 11 is 3.46. The van der Waals surface area contributed by atoms with Gasteiger partial charge in [-0.2, -0.15) is 0 Å². The number of nitrogens with one attached hydrogen (secondary N) is 1. The van der Waals surface area contributed by atoms with Crippen LogP contribution in [0, 0.1) is 0 Å². The van der Waals surface area contributed by atoms with Gasteiger partial charge >= 0.3 is 0 Å². The molecule has 0 amide bonds. The Balaban J connectivity index is 2.83. The third-order valence-electron chi connectivity index (χ3n) is 2.00. The molecule has 0 bridgehead atoms. The summed E-state index contributed by atoms with van der Waals surface area (Å²) in [6.45, 7) is 1.46. The van der Waals surface area contributed by atoms with E-state index in [2.05, 4.69) is 31.2 Å². The molecule has 0 spiro atoms. The van der Waals surface area contributed by atoms with Crippen LogP contribution in [0.5, 0.6) is 0 Å². The molecule has 0 atom stereocenters. The van der Waals surface area contributed by atoms with Gasteiger partial charge in [-0.15, -0.1) is 0 Å². The Kier molecular flexibility index (Phi) is 4.77. The zero-order valence-corrected chi connectivity index (χ0v) is 10.7. The maximum Gasteiger partial charge on any atom is 0.148 e. The van der Waals surface area contributed by atoms with Gasteiger partial charge in [0.1, 0.15) is 22.4 Å². The van der Waals surface area contributed by atoms with E-state index in [1.165, 1.54) is 6.33 Å². The molecule has 1 aromatic rings. The first kappa shape index (κ1) is 12.2. The lowest BCUT2D eigenvalue weighted by atomic mass is 10.4. The Morgan fingerprint density at radius 1 is 1.53 bits per heavy atom. The van der Waals surface area contributed by atoms with Crippen molar-refractivity contribution in [2.24, 2.45) is 0 Å². The van der Waals surface area contributed by atoms with Crippen molar-refractivity contribution in [2.45, 2.75) is 0 Å². The SMILES string of the molecule is CNc1ncnc(N(C)CCOC)c1Br. The molecule has 1 heterocycles. The van der Waals surface area contributed by atoms with Gasteiger partial charge in [-0.05, 0) is 15.9 Å². The fourth-order valence-electron chi connectivity index (χ4n) is 1.14. The van der Waals surface area contributed by atoms with E-state index in [-0.39, 0.29) is 0 Å². The lowest BCUT2D eigenvalue weighted by molar-refractivity contribution is 0.206. The largest absolute Gasteiger partial charge is 0.383 e. The molecule has 0 saturated heterocycles. The summed E-state index contributed by atoms with van der Waals surface area (Å²) in [4.78, 5) is 10.3. The van der Waals surface area contributed by atoms with Crippen molar-refractivity contribution in [1.82, 2.24) is 9.97 Å². The molecular formula is C9H15BrN4O. The molecule has 0 aliphatic rings. The predicted octanol–water partition coefficient (Wildman–Crippen LogP) is 1.36. The minimum Gasteiger partial charge on any atom is -0.383 e. The van der Waals surface area contributed by atoms with Gasteiger partial charge in [-0.1, -0.05) is 0 Å². The molecule has 0 saturated carbocycles. The van der Waals surface area contributed by atoms with Crippen molar-refractivity contribution < 1.29 is 4.74 Å². The van der Waals surface area contributed by atoms with Crippen LogP contribution in [0.25, 0.3) is 0 Å². The highest BCUT2D eigenvalue weighted by molar-refractivity contribution is 9.10. The number of likely N-dealkylation sites (N-methyl/N-ethyl adjacent to an activating group) is 1. The lowest BCUT2D eigenvalue weighted by Gasteiger charge is -2.19. The summed E-state index contributed by atoms with van der Waals surface area (Å²) in [6, 6.07) is 0. The van der Waals surface area contributed by atoms with Crippen LogP contribution < -0.4 is 10.2 Å². The Hall–Kier alpha value is -0.880. The first-order chi connectivity index (χ1) is 7.20. The summed E-state index contributed by atoms with van der Waals surface area (Å²) < 4.78 is 5.88. The normalized spacial score (nSPS) is 10.1. The Morgan fingerprint density at radius 2 is 2.27 bits per heavy atom. The molecule has 0 aliphatic carbocycles. The minimum atomic E-state index is 0.668. The number of hydrogen-bond acceptors (Lipinski definition) is 5. The van der Waals surface area contributed by atoms with Crippen LogP contribution in [0.15, 0.2) is 10.8 Å². The highest BCUT2D eigenvalue weighted by Crippen LogP contribution is 2.28. The van der Waals surface area contributed by atoms with Crippen LogP contribution >= 0.6 is 15.9 Å². The minimum absolute atomic E-state index is 0.668. The van der Waals surface area contributed by atoms with Gasteiger partial charge in [0.2, 0.25) is 0 Å². The second-order valence-corrected chi connectivity index (χ2v) is 3.82. The second kappa shape index (κ2) is 5.87. The van der Waals surface area contributed by atoms with Crippen LogP contribution in [-0.2, 0) is 4.74 Å². The van der Waals surface area contributed by atoms with E-state index >= 15 is 0 Å². The lowest BCUT2D eigenvalue weighted by Crippen LogP contribution is -2.23. The van der Waals surface area contributed by atoms with Crippen molar-refractivity contribution in [2.75, 3.05) is 44.6 Å². The van der Waals surface area contributed by atoms with Gasteiger partial charge in [0.15, 0.2) is 0 Å². The highest BCUT2D eigenvalue weighted by Gasteiger charge is 2.10. The molecule has 84 valence electrons. The maximum absolute atomic E-state index is 5.01. The first-order valence-corrected chi connectivity index (χ1v) is 5.38. The summed E-state index contributed by atoms with van der Waals surface area (Å²) in [6.07, 6.45) is 1.54. The third kappa shape index (κ3) is 3.04. The predicted molar refractivity (Wildman–Crippen MR) is 64.4 cm³/mol. The molecule has 0 aromatic carbocycles. The highest BCUT2D eigenvalue weighted by atomic mass is 79.9. The van der Waals surface area contributed by atoms with Crippen molar-refractivity contribution in [3.8, 4) is 0 Å². The Bertz CT molecular complexity index is 321. The number of nitrogens with zero attached hydrogens (tertiary/aromatic N) is 3. The van der Waals surface area contributed by atoms with Crippen LogP contribution in [0.3, 0.4) is 0 Å². The van der Waals surface area contributed by atoms with Crippen LogP contribution in [0.4, 0.5) is 11.6 Å². The quantitative estimate of drug-likeness (QED) is 0.879. The Labute approximate surface area is 98.0 Å². The summed E-state index contributed by atoms with van der Waals surface area (Å²) in [5.74, 6) is 1.63. The summed E-state index contributed by atoms with van der Waals surface area (Å²) in [5.41, 5.74) is 0. The van der Waals surface area contributed by atoms with Gasteiger partial charge in [0, 0.05) is 27.7 Å². The number of ether oxygens (including phenoxy) is 1. The van der Waals surface area contributed by atoms with Crippen LogP contribution in [0.1, 0.15) is 0 Å². The number of anilines is 2. The van der Waals surface area contributed by atoms with Crippen molar-refractivity contribution in [3.05, 3.63) is 10.8 Å². The molecule has 1 rings (SSSR count). The van der Waals surface area contributed by atoms with Crippen molar-refractivity contribution in [1.29, 1.82) is 0 Å². The fraction of sp³-hybridized carbons (Fsp3) is 0.556. The van der Waals surface area contributed by atoms with Gasteiger partial charge in [-0.3, -0.25) is 0 Å². The summed E-state index contributed by atoms with van der Waals surface area (Å²) in [5, 5.41) is 2.99. The van der Waals surface area contributed by atoms with Crippen LogP contribution in [0.2, 0.25) is 0 Å². The average Bonchev–Trinajstić information content (AvgIpc) is 2.26. The van der Waals surface area contributed by atoms with E-state index in [1.54, 1.807) is 7.11 Å². The number of methoxy groups -OCH3 is 1. The maximum atomic E-state index is 5.01. The number of rotatable bonds is 5. The van der Waals surface area contributed by atoms with E-state index in [0.717, 1.165) is 22.7 Å². The monoisotopic (exact) mass is 274 g/mol. The molecule has 1 N–H and O–H groups in total. The van der Waals surface area contributed by atoms with E-state index in [0.29, 0.717) is 6.61 Å². The number of aromatic nitrogens is 2. The topological polar surface area (TPSA) is 50.3 Å². The van der Waals surface area contributed by atoms with E-state index in [1.807, 2.05) is 19.0 Å². The van der Waals surface area contributed by atoms with E-state index in [4.69, 9.17) is 4.74 Å². The Morgan fingerprint density at radius 3 is 2.87 bits per heavy atom. The fourth-order valence-corrected chi connectivity index (χ4v) is 1.84. The van der Waals surface area contributed by atoms with Gasteiger partial charge < -0.3 is 15.0 Å². The van der Waals surface area contributed by atoms with Gasteiger partial charge in [0.05, 0.1) is 6.61 Å². The molecule has 0 radical (unpaired) electrons. The number of halogens is 1. The van der Waals surface area contributed by atoms with Crippen molar-refractivity contribution >= 4 is 27.6 Å². The summed E-state index contributed by atoms with van der Waals surface area (Å²) in [7, 11) is 5.47. The third-order valence-corrected chi connectivity index (χ3v) is 2.73. The molecular weight excluding hydrogens is 260 g/mol. The molecule has 0 unspecified atom stereocenters. The molecule has 0 fully saturated rings. The second-order valence-electron chi connectivity index (χ2n) is 3.02. The van der Waals surface area contributed by atoms with Gasteiger partial charge in [-0.25, -0.2) is 9.97 Å². The molecule has 15 heavy (non-hydrogen) atoms. The van der Waals surface area contributed by atoms with E-state index in [9.17, 15) is 0 Å². The smallest absolute Gasteiger partial charge is 0.148 e. The average molecular weight is 275 g/mol. The van der Waals surface area contributed by atoms with Gasteiger partial charge in [0.25, 0.3) is 0 Å². The molecule has 1 aromatic heterocycles. The molecule has 5 nitrogen and oxygen atoms in total. The van der Waals surface area contributed by atoms with Crippen LogP contribution in [-0.4, -0.2) is 44.3 Å². The zero-order chi connectivity index (χ0) is 11.3. The molecule has 6 heteroatoms. The van der Waals surface area contributed by atoms with E-state index < -0.39 is 0 Å². The standard InChI is InChI=1S/C9H15BrN4O/c1-11-8-7(10)9(13-6-12-8)14(2)4-5-15-3/h6H,4-5H2,1-3H3,(H,11,12,13). The first-order valence-electron chi connectivity index (χ1n) is 4.59. The molecule has 0 aliphatic heterocycles.